The van der Waals surface area contributed by atoms with E-state index in [1.54, 1.807) is 18.0 Å². The van der Waals surface area contributed by atoms with Crippen molar-refractivity contribution in [1.82, 2.24) is 15.6 Å². The molecule has 0 aromatic carbocycles. The number of amides is 1. The predicted molar refractivity (Wildman–Crippen MR) is 93.3 cm³/mol. The lowest BCUT2D eigenvalue weighted by atomic mass is 10.1. The third-order valence-corrected chi connectivity index (χ3v) is 4.37. The summed E-state index contributed by atoms with van der Waals surface area (Å²) < 4.78 is 0. The van der Waals surface area contributed by atoms with Crippen LogP contribution < -0.4 is 10.6 Å². The number of hydrogen-bond donors (Lipinski definition) is 2. The number of aromatic nitrogens is 1. The monoisotopic (exact) mass is 351 g/mol. The van der Waals surface area contributed by atoms with Gasteiger partial charge in [0.25, 0.3) is 0 Å². The third-order valence-electron chi connectivity index (χ3n) is 3.11. The molecule has 1 fully saturated rings. The number of carbonyl (C=O) groups is 1. The number of nitrogens with zero attached hydrogens (tertiary/aromatic N) is 1. The van der Waals surface area contributed by atoms with E-state index in [-0.39, 0.29) is 42.1 Å². The van der Waals surface area contributed by atoms with Gasteiger partial charge in [-0.15, -0.1) is 36.6 Å². The second kappa shape index (κ2) is 10.3. The number of nitrogens with one attached hydrogen (secondary N) is 2. The van der Waals surface area contributed by atoms with Gasteiger partial charge in [0.15, 0.2) is 0 Å². The molecule has 0 aliphatic carbocycles. The summed E-state index contributed by atoms with van der Waals surface area (Å²) in [4.78, 5) is 16.1. The van der Waals surface area contributed by atoms with Gasteiger partial charge in [-0.2, -0.15) is 0 Å². The average Bonchev–Trinajstić information content (AvgIpc) is 2.89. The van der Waals surface area contributed by atoms with Crippen LogP contribution in [0.3, 0.4) is 0 Å². The maximum Gasteiger partial charge on any atom is 0.238 e. The summed E-state index contributed by atoms with van der Waals surface area (Å²) >= 11 is 1.76. The molecule has 7 heteroatoms. The van der Waals surface area contributed by atoms with Crippen LogP contribution in [0, 0.1) is 5.92 Å². The van der Waals surface area contributed by atoms with Crippen molar-refractivity contribution in [3.05, 3.63) is 30.1 Å². The lowest BCUT2D eigenvalue weighted by molar-refractivity contribution is -0.122. The lowest BCUT2D eigenvalue weighted by Gasteiger charge is -2.14. The molecule has 1 aliphatic rings. The molecule has 2 N–H and O–H groups in total. The average molecular weight is 352 g/mol. The summed E-state index contributed by atoms with van der Waals surface area (Å²) in [6.07, 6.45) is 4.64. The van der Waals surface area contributed by atoms with Gasteiger partial charge in [0.2, 0.25) is 5.91 Å². The maximum atomic E-state index is 12.0. The Morgan fingerprint density at radius 3 is 2.90 bits per heavy atom. The fourth-order valence-corrected chi connectivity index (χ4v) is 3.18. The van der Waals surface area contributed by atoms with Gasteiger partial charge in [0, 0.05) is 24.7 Å². The van der Waals surface area contributed by atoms with E-state index in [1.807, 2.05) is 18.3 Å². The van der Waals surface area contributed by atoms with Gasteiger partial charge in [-0.1, -0.05) is 19.9 Å². The molecular formula is C14H23Cl2N3OS. The molecule has 2 unspecified atom stereocenters. The molecule has 0 spiro atoms. The summed E-state index contributed by atoms with van der Waals surface area (Å²) in [5.74, 6) is 1.54. The first-order valence-electron chi connectivity index (χ1n) is 6.72. The Labute approximate surface area is 143 Å². The first kappa shape index (κ1) is 20.5. The second-order valence-corrected chi connectivity index (χ2v) is 6.33. The minimum Gasteiger partial charge on any atom is -0.355 e. The van der Waals surface area contributed by atoms with Crippen molar-refractivity contribution in [2.24, 2.45) is 5.92 Å². The first-order chi connectivity index (χ1) is 9.16. The van der Waals surface area contributed by atoms with Gasteiger partial charge in [0.1, 0.15) is 0 Å². The maximum absolute atomic E-state index is 12.0. The van der Waals surface area contributed by atoms with Gasteiger partial charge in [-0.3, -0.25) is 15.1 Å². The molecule has 1 aromatic rings. The normalized spacial score (nSPS) is 20.5. The van der Waals surface area contributed by atoms with E-state index in [4.69, 9.17) is 0 Å². The molecule has 1 aromatic heterocycles. The highest BCUT2D eigenvalue weighted by Gasteiger charge is 2.30. The zero-order chi connectivity index (χ0) is 13.7. The molecule has 2 heterocycles. The minimum atomic E-state index is -0.0950. The topological polar surface area (TPSA) is 54.0 Å². The molecule has 2 atom stereocenters. The highest BCUT2D eigenvalue weighted by atomic mass is 35.5. The van der Waals surface area contributed by atoms with Crippen molar-refractivity contribution in [1.29, 1.82) is 0 Å². The van der Waals surface area contributed by atoms with E-state index in [2.05, 4.69) is 29.5 Å². The van der Waals surface area contributed by atoms with Crippen molar-refractivity contribution < 1.29 is 4.79 Å². The molecular weight excluding hydrogens is 329 g/mol. The molecule has 0 saturated carbocycles. The Morgan fingerprint density at radius 2 is 2.29 bits per heavy atom. The number of hydrogen-bond acceptors (Lipinski definition) is 4. The Bertz CT molecular complexity index is 420. The third kappa shape index (κ3) is 6.43. The van der Waals surface area contributed by atoms with Gasteiger partial charge in [-0.05, 0) is 24.0 Å². The smallest absolute Gasteiger partial charge is 0.238 e. The molecule has 120 valence electrons. The Balaban J connectivity index is 0.00000200. The summed E-state index contributed by atoms with van der Waals surface area (Å²) in [6.45, 7) is 5.08. The SMILES string of the molecule is CC(C)CCNC(=O)C1CSC(c2cccnc2)N1.Cl.Cl. The number of halogens is 2. The van der Waals surface area contributed by atoms with Crippen LogP contribution in [0.2, 0.25) is 0 Å². The largest absolute Gasteiger partial charge is 0.355 e. The van der Waals surface area contributed by atoms with Crippen molar-refractivity contribution in [3.8, 4) is 0 Å². The summed E-state index contributed by atoms with van der Waals surface area (Å²) in [5, 5.41) is 6.53. The lowest BCUT2D eigenvalue weighted by Crippen LogP contribution is -2.43. The van der Waals surface area contributed by atoms with Crippen LogP contribution in [0.15, 0.2) is 24.5 Å². The molecule has 0 bridgehead atoms. The molecule has 1 saturated heterocycles. The summed E-state index contributed by atoms with van der Waals surface area (Å²) in [5.41, 5.74) is 1.13. The van der Waals surface area contributed by atoms with Crippen molar-refractivity contribution in [2.45, 2.75) is 31.7 Å². The van der Waals surface area contributed by atoms with E-state index in [1.165, 1.54) is 0 Å². The highest BCUT2D eigenvalue weighted by molar-refractivity contribution is 7.99. The quantitative estimate of drug-likeness (QED) is 0.856. The molecule has 0 radical (unpaired) electrons. The molecule has 4 nitrogen and oxygen atoms in total. The Hall–Kier alpha value is -0.490. The van der Waals surface area contributed by atoms with Crippen LogP contribution >= 0.6 is 36.6 Å². The number of carbonyl (C=O) groups excluding carboxylic acids is 1. The van der Waals surface area contributed by atoms with E-state index in [9.17, 15) is 4.79 Å². The zero-order valence-corrected chi connectivity index (χ0v) is 14.7. The van der Waals surface area contributed by atoms with Crippen molar-refractivity contribution in [3.63, 3.8) is 0 Å². The zero-order valence-electron chi connectivity index (χ0n) is 12.2. The first-order valence-corrected chi connectivity index (χ1v) is 7.77. The van der Waals surface area contributed by atoms with Gasteiger partial charge in [-0.25, -0.2) is 0 Å². The molecule has 2 rings (SSSR count). The van der Waals surface area contributed by atoms with E-state index < -0.39 is 0 Å². The van der Waals surface area contributed by atoms with E-state index >= 15 is 0 Å². The summed E-state index contributed by atoms with van der Waals surface area (Å²) in [7, 11) is 0. The minimum absolute atomic E-state index is 0. The number of thioether (sulfide) groups is 1. The van der Waals surface area contributed by atoms with Gasteiger partial charge in [0.05, 0.1) is 11.4 Å². The number of pyridine rings is 1. The van der Waals surface area contributed by atoms with Crippen molar-refractivity contribution in [2.75, 3.05) is 12.3 Å². The fraction of sp³-hybridized carbons (Fsp3) is 0.571. The van der Waals surface area contributed by atoms with Crippen LogP contribution in [0.4, 0.5) is 0 Å². The molecule has 1 aliphatic heterocycles. The fourth-order valence-electron chi connectivity index (χ4n) is 1.95. The standard InChI is InChI=1S/C14H21N3OS.2ClH/c1-10(2)5-7-16-13(18)12-9-19-14(17-12)11-4-3-6-15-8-11;;/h3-4,6,8,10,12,14,17H,5,7,9H2,1-2H3,(H,16,18);2*1H. The van der Waals surface area contributed by atoms with Crippen LogP contribution in [-0.2, 0) is 4.79 Å². The number of rotatable bonds is 5. The van der Waals surface area contributed by atoms with Crippen LogP contribution in [0.5, 0.6) is 0 Å². The molecule has 21 heavy (non-hydrogen) atoms. The highest BCUT2D eigenvalue weighted by Crippen LogP contribution is 2.32. The van der Waals surface area contributed by atoms with Crippen LogP contribution in [0.25, 0.3) is 0 Å². The van der Waals surface area contributed by atoms with Gasteiger partial charge < -0.3 is 5.32 Å². The van der Waals surface area contributed by atoms with Crippen molar-refractivity contribution >= 4 is 42.5 Å². The Morgan fingerprint density at radius 1 is 1.52 bits per heavy atom. The second-order valence-electron chi connectivity index (χ2n) is 5.19. The van der Waals surface area contributed by atoms with E-state index in [0.717, 1.165) is 24.3 Å². The van der Waals surface area contributed by atoms with E-state index in [0.29, 0.717) is 5.92 Å². The molecule has 1 amide bonds. The van der Waals surface area contributed by atoms with Gasteiger partial charge >= 0.3 is 0 Å². The summed E-state index contributed by atoms with van der Waals surface area (Å²) in [6, 6.07) is 3.87. The van der Waals surface area contributed by atoms with Crippen LogP contribution in [-0.4, -0.2) is 29.2 Å². The Kier molecular flexibility index (Phi) is 10.0. The van der Waals surface area contributed by atoms with Crippen LogP contribution in [0.1, 0.15) is 31.2 Å². The predicted octanol–water partition coefficient (Wildman–Crippen LogP) is 2.79.